The average molecular weight is 445 g/mol. The van der Waals surface area contributed by atoms with Gasteiger partial charge in [-0.25, -0.2) is 15.1 Å². The molecule has 0 saturated carbocycles. The summed E-state index contributed by atoms with van der Waals surface area (Å²) in [6, 6.07) is 9.00. The van der Waals surface area contributed by atoms with E-state index in [1.165, 1.54) is 4.52 Å². The number of carbonyl (C=O) groups is 1. The van der Waals surface area contributed by atoms with Gasteiger partial charge in [-0.2, -0.15) is 14.6 Å². The Balaban J connectivity index is 1.24. The van der Waals surface area contributed by atoms with Gasteiger partial charge in [0.05, 0.1) is 24.4 Å². The molecule has 1 amide bonds. The highest BCUT2D eigenvalue weighted by atomic mass is 16.5. The van der Waals surface area contributed by atoms with E-state index in [2.05, 4.69) is 25.1 Å². The second kappa shape index (κ2) is 7.39. The van der Waals surface area contributed by atoms with E-state index in [-0.39, 0.29) is 5.95 Å². The molecule has 1 aromatic carbocycles. The Bertz CT molecular complexity index is 1500. The maximum absolute atomic E-state index is 11.7. The highest BCUT2D eigenvalue weighted by Crippen LogP contribution is 2.25. The van der Waals surface area contributed by atoms with Crippen LogP contribution < -0.4 is 11.2 Å². The van der Waals surface area contributed by atoms with Crippen LogP contribution in [-0.4, -0.2) is 51.9 Å². The van der Waals surface area contributed by atoms with Crippen LogP contribution in [0.2, 0.25) is 0 Å². The predicted octanol–water partition coefficient (Wildman–Crippen LogP) is 1.45. The average Bonchev–Trinajstić information content (AvgIpc) is 3.61. The minimum Gasteiger partial charge on any atom is -0.461 e. The van der Waals surface area contributed by atoms with Crippen molar-refractivity contribution in [3.63, 3.8) is 0 Å². The zero-order valence-electron chi connectivity index (χ0n) is 17.3. The first-order valence-corrected chi connectivity index (χ1v) is 10.3. The molecule has 6 rings (SSSR count). The SMILES string of the molecule is Nc1nc2c(cnn2CCN2Cc3ccc(C(=O)NO)cc3C2)c2nc(-c3ccco3)nn12. The minimum atomic E-state index is -0.516. The van der Waals surface area contributed by atoms with Gasteiger partial charge in [-0.05, 0) is 35.4 Å². The van der Waals surface area contributed by atoms with E-state index in [1.807, 2.05) is 12.1 Å². The summed E-state index contributed by atoms with van der Waals surface area (Å²) in [4.78, 5) is 23.0. The Kier molecular flexibility index (Phi) is 4.35. The molecule has 5 aromatic rings. The third kappa shape index (κ3) is 3.20. The van der Waals surface area contributed by atoms with Gasteiger partial charge in [0.15, 0.2) is 17.1 Å². The van der Waals surface area contributed by atoms with E-state index in [0.29, 0.717) is 41.5 Å². The van der Waals surface area contributed by atoms with Crippen LogP contribution in [0.25, 0.3) is 28.3 Å². The number of rotatable bonds is 5. The molecule has 0 fully saturated rings. The van der Waals surface area contributed by atoms with Crippen molar-refractivity contribution in [2.75, 3.05) is 12.3 Å². The number of nitrogen functional groups attached to an aromatic ring is 1. The molecule has 0 aliphatic carbocycles. The summed E-state index contributed by atoms with van der Waals surface area (Å²) in [5.74, 6) is 0.676. The number of carbonyl (C=O) groups excluding carboxylic acids is 1. The van der Waals surface area contributed by atoms with Crippen molar-refractivity contribution in [1.82, 2.24) is 39.7 Å². The van der Waals surface area contributed by atoms with Crippen molar-refractivity contribution in [3.8, 4) is 11.6 Å². The molecule has 4 N–H and O–H groups in total. The fourth-order valence-corrected chi connectivity index (χ4v) is 4.20. The smallest absolute Gasteiger partial charge is 0.274 e. The van der Waals surface area contributed by atoms with E-state index < -0.39 is 5.91 Å². The normalized spacial score (nSPS) is 13.7. The van der Waals surface area contributed by atoms with Crippen molar-refractivity contribution in [2.24, 2.45) is 0 Å². The van der Waals surface area contributed by atoms with Crippen LogP contribution in [0, 0.1) is 0 Å². The van der Waals surface area contributed by atoms with Gasteiger partial charge in [-0.1, -0.05) is 6.07 Å². The van der Waals surface area contributed by atoms with E-state index in [0.717, 1.165) is 29.6 Å². The Morgan fingerprint density at radius 2 is 2.03 bits per heavy atom. The van der Waals surface area contributed by atoms with Crippen LogP contribution in [0.15, 0.2) is 47.2 Å². The second-order valence-corrected chi connectivity index (χ2v) is 7.86. The van der Waals surface area contributed by atoms with Crippen molar-refractivity contribution < 1.29 is 14.4 Å². The largest absolute Gasteiger partial charge is 0.461 e. The van der Waals surface area contributed by atoms with Crippen molar-refractivity contribution in [3.05, 3.63) is 59.5 Å². The van der Waals surface area contributed by atoms with E-state index >= 15 is 0 Å². The first-order chi connectivity index (χ1) is 16.1. The maximum Gasteiger partial charge on any atom is 0.274 e. The molecule has 33 heavy (non-hydrogen) atoms. The molecule has 166 valence electrons. The number of furan rings is 1. The molecule has 12 nitrogen and oxygen atoms in total. The van der Waals surface area contributed by atoms with E-state index in [9.17, 15) is 4.79 Å². The van der Waals surface area contributed by atoms with E-state index in [1.54, 1.807) is 40.8 Å². The summed E-state index contributed by atoms with van der Waals surface area (Å²) >= 11 is 0. The van der Waals surface area contributed by atoms with Gasteiger partial charge in [-0.15, -0.1) is 5.10 Å². The number of hydrogen-bond acceptors (Lipinski definition) is 9. The van der Waals surface area contributed by atoms with Crippen molar-refractivity contribution >= 4 is 28.5 Å². The van der Waals surface area contributed by atoms with Gasteiger partial charge >= 0.3 is 0 Å². The fraction of sp³-hybridized carbons (Fsp3) is 0.190. The molecule has 0 bridgehead atoms. The van der Waals surface area contributed by atoms with Crippen molar-refractivity contribution in [2.45, 2.75) is 19.6 Å². The molecule has 5 heterocycles. The third-order valence-electron chi connectivity index (χ3n) is 5.82. The minimum absolute atomic E-state index is 0.216. The molecule has 0 spiro atoms. The van der Waals surface area contributed by atoms with Gasteiger partial charge < -0.3 is 10.2 Å². The van der Waals surface area contributed by atoms with Gasteiger partial charge in [-0.3, -0.25) is 14.9 Å². The number of fused-ring (bicyclic) bond motifs is 4. The summed E-state index contributed by atoms with van der Waals surface area (Å²) in [6.07, 6.45) is 3.28. The summed E-state index contributed by atoms with van der Waals surface area (Å²) in [5.41, 5.74) is 11.7. The van der Waals surface area contributed by atoms with Crippen LogP contribution in [0.1, 0.15) is 21.5 Å². The molecule has 0 saturated heterocycles. The number of nitrogens with one attached hydrogen (secondary N) is 1. The fourth-order valence-electron chi connectivity index (χ4n) is 4.20. The molecular formula is C21H19N9O3. The van der Waals surface area contributed by atoms with Gasteiger partial charge in [0.1, 0.15) is 0 Å². The van der Waals surface area contributed by atoms with Gasteiger partial charge in [0.25, 0.3) is 5.91 Å². The number of amides is 1. The van der Waals surface area contributed by atoms with Crippen LogP contribution >= 0.6 is 0 Å². The summed E-state index contributed by atoms with van der Waals surface area (Å²) < 4.78 is 8.69. The maximum atomic E-state index is 11.7. The number of anilines is 1. The van der Waals surface area contributed by atoms with Crippen LogP contribution in [0.3, 0.4) is 0 Å². The number of nitrogens with zero attached hydrogens (tertiary/aromatic N) is 7. The van der Waals surface area contributed by atoms with Gasteiger partial charge in [0, 0.05) is 25.2 Å². The first kappa shape index (κ1) is 19.4. The number of hydroxylamine groups is 1. The second-order valence-electron chi connectivity index (χ2n) is 7.86. The van der Waals surface area contributed by atoms with Crippen molar-refractivity contribution in [1.29, 1.82) is 0 Å². The molecule has 0 radical (unpaired) electrons. The predicted molar refractivity (Wildman–Crippen MR) is 116 cm³/mol. The first-order valence-electron chi connectivity index (χ1n) is 10.3. The third-order valence-corrected chi connectivity index (χ3v) is 5.82. The van der Waals surface area contributed by atoms with Crippen LogP contribution in [0.4, 0.5) is 5.95 Å². The quantitative estimate of drug-likeness (QED) is 0.269. The summed E-state index contributed by atoms with van der Waals surface area (Å²) in [7, 11) is 0. The lowest BCUT2D eigenvalue weighted by Crippen LogP contribution is -2.22. The molecule has 0 atom stereocenters. The molecule has 1 aliphatic rings. The number of aromatic nitrogens is 6. The molecule has 0 unspecified atom stereocenters. The van der Waals surface area contributed by atoms with Crippen LogP contribution in [-0.2, 0) is 19.6 Å². The molecular weight excluding hydrogens is 426 g/mol. The topological polar surface area (TPSA) is 153 Å². The Morgan fingerprint density at radius 1 is 1.15 bits per heavy atom. The lowest BCUT2D eigenvalue weighted by Gasteiger charge is -2.14. The Hall–Kier alpha value is -4.29. The highest BCUT2D eigenvalue weighted by molar-refractivity contribution is 5.93. The Labute approximate surface area is 186 Å². The molecule has 12 heteroatoms. The Morgan fingerprint density at radius 3 is 2.85 bits per heavy atom. The van der Waals surface area contributed by atoms with Gasteiger partial charge in [0.2, 0.25) is 11.8 Å². The lowest BCUT2D eigenvalue weighted by atomic mass is 10.1. The zero-order chi connectivity index (χ0) is 22.5. The number of nitrogens with two attached hydrogens (primary N) is 1. The van der Waals surface area contributed by atoms with Crippen LogP contribution in [0.5, 0.6) is 0 Å². The summed E-state index contributed by atoms with van der Waals surface area (Å²) in [6.45, 7) is 2.80. The molecule has 1 aliphatic heterocycles. The van der Waals surface area contributed by atoms with E-state index in [4.69, 9.17) is 15.4 Å². The number of hydrogen-bond donors (Lipinski definition) is 3. The standard InChI is InChI=1S/C21H19N9O3/c22-21-25-18-15(19-24-17(26-30(19)21)16-2-1-7-33-16)9-23-29(18)6-5-28-10-13-4-3-12(20(31)27-32)8-14(13)11-28/h1-4,7-9,32H,5-6,10-11H2,(H2,22,25)(H,27,31). The highest BCUT2D eigenvalue weighted by Gasteiger charge is 2.22. The zero-order valence-corrected chi connectivity index (χ0v) is 17.3. The summed E-state index contributed by atoms with van der Waals surface area (Å²) in [5, 5.41) is 18.5. The lowest BCUT2D eigenvalue weighted by molar-refractivity contribution is 0.0706. The monoisotopic (exact) mass is 445 g/mol. The number of benzene rings is 1. The molecule has 4 aromatic heterocycles.